The molecule has 2 aromatic rings. The minimum absolute atomic E-state index is 0.0620. The summed E-state index contributed by atoms with van der Waals surface area (Å²) in [6.07, 6.45) is 4.73. The molecule has 0 saturated carbocycles. The quantitative estimate of drug-likeness (QED) is 0.813. The SMILES string of the molecule is CC(Cn1cccn1)Nc1cccc(S(C)(=O)=O)c1N. The number of benzene rings is 1. The Morgan fingerprint density at radius 3 is 2.75 bits per heavy atom. The largest absolute Gasteiger partial charge is 0.396 e. The Labute approximate surface area is 118 Å². The summed E-state index contributed by atoms with van der Waals surface area (Å²) < 4.78 is 25.1. The first-order chi connectivity index (χ1) is 9.38. The molecule has 1 aromatic carbocycles. The first-order valence-corrected chi connectivity index (χ1v) is 8.09. The van der Waals surface area contributed by atoms with Crippen molar-refractivity contribution in [2.75, 3.05) is 17.3 Å². The second kappa shape index (κ2) is 5.54. The van der Waals surface area contributed by atoms with E-state index in [0.717, 1.165) is 6.26 Å². The summed E-state index contributed by atoms with van der Waals surface area (Å²) in [7, 11) is -3.32. The Morgan fingerprint density at radius 1 is 1.40 bits per heavy atom. The summed E-state index contributed by atoms with van der Waals surface area (Å²) in [5.41, 5.74) is 6.80. The summed E-state index contributed by atoms with van der Waals surface area (Å²) >= 11 is 0. The maximum Gasteiger partial charge on any atom is 0.177 e. The van der Waals surface area contributed by atoms with Crippen LogP contribution in [-0.2, 0) is 16.4 Å². The first kappa shape index (κ1) is 14.4. The van der Waals surface area contributed by atoms with Gasteiger partial charge in [-0.1, -0.05) is 6.07 Å². The van der Waals surface area contributed by atoms with E-state index >= 15 is 0 Å². The van der Waals surface area contributed by atoms with Gasteiger partial charge in [0.1, 0.15) is 0 Å². The lowest BCUT2D eigenvalue weighted by Crippen LogP contribution is -2.23. The van der Waals surface area contributed by atoms with Crippen molar-refractivity contribution < 1.29 is 8.42 Å². The monoisotopic (exact) mass is 294 g/mol. The van der Waals surface area contributed by atoms with Crippen LogP contribution in [0.3, 0.4) is 0 Å². The first-order valence-electron chi connectivity index (χ1n) is 6.20. The van der Waals surface area contributed by atoms with Gasteiger partial charge in [-0.05, 0) is 25.1 Å². The number of nitrogens with two attached hydrogens (primary N) is 1. The van der Waals surface area contributed by atoms with Crippen molar-refractivity contribution in [2.45, 2.75) is 24.4 Å². The molecular weight excluding hydrogens is 276 g/mol. The predicted molar refractivity (Wildman–Crippen MR) is 79.3 cm³/mol. The van der Waals surface area contributed by atoms with Crippen molar-refractivity contribution in [3.63, 3.8) is 0 Å². The number of nitrogens with one attached hydrogen (secondary N) is 1. The Kier molecular flexibility index (Phi) is 3.99. The van der Waals surface area contributed by atoms with Gasteiger partial charge in [-0.3, -0.25) is 4.68 Å². The minimum Gasteiger partial charge on any atom is -0.396 e. The van der Waals surface area contributed by atoms with Crippen molar-refractivity contribution in [1.29, 1.82) is 0 Å². The maximum atomic E-state index is 11.6. The van der Waals surface area contributed by atoms with Crippen LogP contribution in [0.25, 0.3) is 0 Å². The maximum absolute atomic E-state index is 11.6. The molecule has 1 aromatic heterocycles. The van der Waals surface area contributed by atoms with Crippen LogP contribution in [0, 0.1) is 0 Å². The number of nitrogen functional groups attached to an aromatic ring is 1. The molecule has 6 nitrogen and oxygen atoms in total. The molecule has 0 radical (unpaired) electrons. The van der Waals surface area contributed by atoms with Gasteiger partial charge in [0.15, 0.2) is 9.84 Å². The molecule has 2 rings (SSSR count). The van der Waals surface area contributed by atoms with E-state index in [2.05, 4.69) is 10.4 Å². The third-order valence-corrected chi connectivity index (χ3v) is 4.04. The lowest BCUT2D eigenvalue weighted by Gasteiger charge is -2.18. The third-order valence-electron chi connectivity index (χ3n) is 2.89. The zero-order chi connectivity index (χ0) is 14.8. The Morgan fingerprint density at radius 2 is 2.15 bits per heavy atom. The Hall–Kier alpha value is -2.02. The molecule has 0 spiro atoms. The molecule has 1 unspecified atom stereocenters. The lowest BCUT2D eigenvalue weighted by molar-refractivity contribution is 0.561. The fraction of sp³-hybridized carbons (Fsp3) is 0.308. The minimum atomic E-state index is -3.32. The number of aromatic nitrogens is 2. The van der Waals surface area contributed by atoms with Gasteiger partial charge >= 0.3 is 0 Å². The summed E-state index contributed by atoms with van der Waals surface area (Å²) in [5, 5.41) is 7.34. The lowest BCUT2D eigenvalue weighted by atomic mass is 10.2. The highest BCUT2D eigenvalue weighted by Gasteiger charge is 2.15. The zero-order valence-corrected chi connectivity index (χ0v) is 12.3. The Balaban J connectivity index is 2.17. The molecule has 0 bridgehead atoms. The van der Waals surface area contributed by atoms with E-state index in [1.54, 1.807) is 23.0 Å². The number of hydrogen-bond acceptors (Lipinski definition) is 5. The highest BCUT2D eigenvalue weighted by molar-refractivity contribution is 7.90. The standard InChI is InChI=1S/C13H18N4O2S/c1-10(9-17-8-4-7-15-17)16-11-5-3-6-12(13(11)14)20(2,18)19/h3-8,10,16H,9,14H2,1-2H3. The molecular formula is C13H18N4O2S. The molecule has 0 aliphatic heterocycles. The van der Waals surface area contributed by atoms with Gasteiger partial charge in [0.25, 0.3) is 0 Å². The van der Waals surface area contributed by atoms with E-state index in [1.807, 2.05) is 19.2 Å². The third kappa shape index (κ3) is 3.30. The van der Waals surface area contributed by atoms with Gasteiger partial charge in [-0.2, -0.15) is 5.10 Å². The van der Waals surface area contributed by atoms with Gasteiger partial charge in [0, 0.05) is 24.7 Å². The molecule has 0 fully saturated rings. The van der Waals surface area contributed by atoms with Crippen molar-refractivity contribution in [3.05, 3.63) is 36.7 Å². The van der Waals surface area contributed by atoms with E-state index in [9.17, 15) is 8.42 Å². The van der Waals surface area contributed by atoms with Crippen LogP contribution in [0.1, 0.15) is 6.92 Å². The highest BCUT2D eigenvalue weighted by Crippen LogP contribution is 2.27. The molecule has 3 N–H and O–H groups in total. The van der Waals surface area contributed by atoms with Crippen molar-refractivity contribution >= 4 is 21.2 Å². The highest BCUT2D eigenvalue weighted by atomic mass is 32.2. The second-order valence-corrected chi connectivity index (χ2v) is 6.75. The normalized spacial score (nSPS) is 13.1. The summed E-state index contributed by atoms with van der Waals surface area (Å²) in [4.78, 5) is 0.147. The summed E-state index contributed by atoms with van der Waals surface area (Å²) in [5.74, 6) is 0. The van der Waals surface area contributed by atoms with Gasteiger partial charge in [0.05, 0.1) is 22.8 Å². The van der Waals surface area contributed by atoms with Crippen LogP contribution in [0.2, 0.25) is 0 Å². The van der Waals surface area contributed by atoms with E-state index in [-0.39, 0.29) is 16.6 Å². The predicted octanol–water partition coefficient (Wildman–Crippen LogP) is 1.37. The van der Waals surface area contributed by atoms with Crippen LogP contribution < -0.4 is 11.1 Å². The molecule has 108 valence electrons. The fourth-order valence-electron chi connectivity index (χ4n) is 1.99. The summed E-state index contributed by atoms with van der Waals surface area (Å²) in [6, 6.07) is 6.87. The van der Waals surface area contributed by atoms with E-state index in [0.29, 0.717) is 12.2 Å². The van der Waals surface area contributed by atoms with E-state index < -0.39 is 9.84 Å². The number of anilines is 2. The van der Waals surface area contributed by atoms with Crippen molar-refractivity contribution in [2.24, 2.45) is 0 Å². The molecule has 0 aliphatic rings. The van der Waals surface area contributed by atoms with Crippen LogP contribution in [0.4, 0.5) is 11.4 Å². The van der Waals surface area contributed by atoms with Crippen molar-refractivity contribution in [3.8, 4) is 0 Å². The molecule has 0 aliphatic carbocycles. The molecule has 0 amide bonds. The van der Waals surface area contributed by atoms with E-state index in [1.165, 1.54) is 6.07 Å². The van der Waals surface area contributed by atoms with E-state index in [4.69, 9.17) is 5.73 Å². The molecule has 20 heavy (non-hydrogen) atoms. The number of sulfone groups is 1. The number of para-hydroxylation sites is 1. The van der Waals surface area contributed by atoms with Crippen LogP contribution in [-0.4, -0.2) is 30.5 Å². The Bertz CT molecular complexity index is 680. The fourth-order valence-corrected chi connectivity index (χ4v) is 2.83. The number of rotatable bonds is 5. The smallest absolute Gasteiger partial charge is 0.177 e. The van der Waals surface area contributed by atoms with Gasteiger partial charge in [-0.25, -0.2) is 8.42 Å². The number of hydrogen-bond donors (Lipinski definition) is 2. The second-order valence-electron chi connectivity index (χ2n) is 4.76. The zero-order valence-electron chi connectivity index (χ0n) is 11.4. The van der Waals surface area contributed by atoms with Gasteiger partial charge in [-0.15, -0.1) is 0 Å². The topological polar surface area (TPSA) is 90.0 Å². The average molecular weight is 294 g/mol. The van der Waals surface area contributed by atoms with Crippen LogP contribution >= 0.6 is 0 Å². The average Bonchev–Trinajstić information content (AvgIpc) is 2.83. The van der Waals surface area contributed by atoms with Crippen LogP contribution in [0.15, 0.2) is 41.6 Å². The molecule has 1 heterocycles. The van der Waals surface area contributed by atoms with Crippen molar-refractivity contribution in [1.82, 2.24) is 9.78 Å². The van der Waals surface area contributed by atoms with Gasteiger partial charge in [0.2, 0.25) is 0 Å². The molecule has 0 saturated heterocycles. The molecule has 7 heteroatoms. The molecule has 1 atom stereocenters. The van der Waals surface area contributed by atoms with Gasteiger partial charge < -0.3 is 11.1 Å². The summed E-state index contributed by atoms with van der Waals surface area (Å²) in [6.45, 7) is 2.64. The van der Waals surface area contributed by atoms with Crippen LogP contribution in [0.5, 0.6) is 0 Å². The number of nitrogens with zero attached hydrogens (tertiary/aromatic N) is 2.